The maximum absolute atomic E-state index is 12.4. The molecule has 1 aliphatic heterocycles. The van der Waals surface area contributed by atoms with Crippen LogP contribution in [0, 0.1) is 11.8 Å². The third-order valence-electron chi connectivity index (χ3n) is 4.06. The maximum Gasteiger partial charge on any atom is 0.307 e. The van der Waals surface area contributed by atoms with Crippen LogP contribution in [-0.2, 0) is 9.59 Å². The molecule has 0 bridgehead atoms. The minimum absolute atomic E-state index is 0.0821. The summed E-state index contributed by atoms with van der Waals surface area (Å²) in [4.78, 5) is 25.5. The molecule has 1 saturated heterocycles. The lowest BCUT2D eigenvalue weighted by atomic mass is 9.94. The normalized spacial score (nSPS) is 32.5. The Hall–Kier alpha value is -0.710. The van der Waals surface area contributed by atoms with Crippen molar-refractivity contribution in [1.82, 2.24) is 4.90 Å². The molecule has 102 valence electrons. The third-order valence-corrected chi connectivity index (χ3v) is 5.43. The van der Waals surface area contributed by atoms with Gasteiger partial charge in [-0.05, 0) is 19.3 Å². The summed E-state index contributed by atoms with van der Waals surface area (Å²) in [6.07, 6.45) is 3.34. The minimum Gasteiger partial charge on any atom is -0.481 e. The van der Waals surface area contributed by atoms with Crippen LogP contribution in [0.3, 0.4) is 0 Å². The van der Waals surface area contributed by atoms with Gasteiger partial charge in [0, 0.05) is 24.1 Å². The molecule has 1 N–H and O–H groups in total. The molecule has 1 saturated carbocycles. The van der Waals surface area contributed by atoms with Crippen LogP contribution in [0.5, 0.6) is 0 Å². The van der Waals surface area contributed by atoms with Crippen molar-refractivity contribution in [2.75, 3.05) is 18.8 Å². The summed E-state index contributed by atoms with van der Waals surface area (Å²) in [5, 5.41) is 9.67. The van der Waals surface area contributed by atoms with Gasteiger partial charge in [-0.25, -0.2) is 0 Å². The Labute approximate surface area is 112 Å². The number of hydrogen-bond acceptors (Lipinski definition) is 3. The largest absolute Gasteiger partial charge is 0.481 e. The summed E-state index contributed by atoms with van der Waals surface area (Å²) in [6.45, 7) is 3.72. The van der Waals surface area contributed by atoms with Crippen molar-refractivity contribution < 1.29 is 14.7 Å². The van der Waals surface area contributed by atoms with Gasteiger partial charge in [0.1, 0.15) is 0 Å². The highest BCUT2D eigenvalue weighted by Crippen LogP contribution is 2.34. The molecule has 0 radical (unpaired) electrons. The number of aliphatic carboxylic acids is 1. The molecule has 18 heavy (non-hydrogen) atoms. The van der Waals surface area contributed by atoms with Crippen molar-refractivity contribution in [2.45, 2.75) is 37.9 Å². The van der Waals surface area contributed by atoms with Gasteiger partial charge < -0.3 is 10.0 Å². The Kier molecular flexibility index (Phi) is 4.54. The van der Waals surface area contributed by atoms with Gasteiger partial charge in [0.05, 0.1) is 11.8 Å². The SMILES string of the molecule is CCC1CN(C(=O)C2CCCC2C(=O)O)CCS1. The van der Waals surface area contributed by atoms with E-state index in [0.29, 0.717) is 11.7 Å². The first-order chi connectivity index (χ1) is 8.63. The number of carbonyl (C=O) groups excluding carboxylic acids is 1. The van der Waals surface area contributed by atoms with E-state index in [-0.39, 0.29) is 11.8 Å². The lowest BCUT2D eigenvalue weighted by molar-refractivity contribution is -0.149. The van der Waals surface area contributed by atoms with Crippen molar-refractivity contribution in [3.63, 3.8) is 0 Å². The molecular formula is C13H21NO3S. The predicted octanol–water partition coefficient (Wildman–Crippen LogP) is 1.84. The van der Waals surface area contributed by atoms with Crippen LogP contribution in [0.1, 0.15) is 32.6 Å². The van der Waals surface area contributed by atoms with Crippen LogP contribution in [0.25, 0.3) is 0 Å². The van der Waals surface area contributed by atoms with Crippen LogP contribution < -0.4 is 0 Å². The average Bonchev–Trinajstić information content (AvgIpc) is 2.87. The van der Waals surface area contributed by atoms with Crippen molar-refractivity contribution in [2.24, 2.45) is 11.8 Å². The Morgan fingerprint density at radius 2 is 2.06 bits per heavy atom. The minimum atomic E-state index is -0.802. The summed E-state index contributed by atoms with van der Waals surface area (Å²) in [5.41, 5.74) is 0. The topological polar surface area (TPSA) is 57.6 Å². The van der Waals surface area contributed by atoms with E-state index < -0.39 is 11.9 Å². The van der Waals surface area contributed by atoms with Crippen molar-refractivity contribution in [3.05, 3.63) is 0 Å². The van der Waals surface area contributed by atoms with Gasteiger partial charge in [0.15, 0.2) is 0 Å². The maximum atomic E-state index is 12.4. The zero-order valence-electron chi connectivity index (χ0n) is 10.8. The number of nitrogens with zero attached hydrogens (tertiary/aromatic N) is 1. The molecule has 3 atom stereocenters. The lowest BCUT2D eigenvalue weighted by Gasteiger charge is -2.34. The number of carboxylic acid groups (broad SMARTS) is 1. The van der Waals surface area contributed by atoms with Gasteiger partial charge >= 0.3 is 5.97 Å². The van der Waals surface area contributed by atoms with E-state index >= 15 is 0 Å². The molecule has 2 aliphatic rings. The zero-order chi connectivity index (χ0) is 13.1. The quantitative estimate of drug-likeness (QED) is 0.851. The van der Waals surface area contributed by atoms with E-state index in [9.17, 15) is 9.59 Å². The van der Waals surface area contributed by atoms with Gasteiger partial charge in [-0.2, -0.15) is 11.8 Å². The molecule has 0 aromatic heterocycles. The first-order valence-corrected chi connectivity index (χ1v) is 7.81. The second-order valence-corrected chi connectivity index (χ2v) is 6.58. The lowest BCUT2D eigenvalue weighted by Crippen LogP contribution is -2.46. The molecule has 3 unspecified atom stereocenters. The fourth-order valence-electron chi connectivity index (χ4n) is 2.95. The molecule has 5 heteroatoms. The van der Waals surface area contributed by atoms with Crippen LogP contribution in [0.2, 0.25) is 0 Å². The van der Waals surface area contributed by atoms with Crippen molar-refractivity contribution >= 4 is 23.6 Å². The molecular weight excluding hydrogens is 250 g/mol. The highest BCUT2D eigenvalue weighted by molar-refractivity contribution is 8.00. The number of amides is 1. The Bertz CT molecular complexity index is 334. The second-order valence-electron chi connectivity index (χ2n) is 5.17. The van der Waals surface area contributed by atoms with E-state index in [1.54, 1.807) is 0 Å². The highest BCUT2D eigenvalue weighted by atomic mass is 32.2. The van der Waals surface area contributed by atoms with Crippen LogP contribution in [-0.4, -0.2) is 46.0 Å². The number of carbonyl (C=O) groups is 2. The van der Waals surface area contributed by atoms with E-state index in [2.05, 4.69) is 6.92 Å². The molecule has 2 fully saturated rings. The van der Waals surface area contributed by atoms with Crippen LogP contribution in [0.4, 0.5) is 0 Å². The molecule has 0 spiro atoms. The smallest absolute Gasteiger partial charge is 0.307 e. The second kappa shape index (κ2) is 5.95. The predicted molar refractivity (Wildman–Crippen MR) is 71.6 cm³/mol. The van der Waals surface area contributed by atoms with Crippen LogP contribution >= 0.6 is 11.8 Å². The zero-order valence-corrected chi connectivity index (χ0v) is 11.6. The van der Waals surface area contributed by atoms with Crippen LogP contribution in [0.15, 0.2) is 0 Å². The number of thioether (sulfide) groups is 1. The number of carboxylic acids is 1. The van der Waals surface area contributed by atoms with Gasteiger partial charge in [0.25, 0.3) is 0 Å². The highest BCUT2D eigenvalue weighted by Gasteiger charge is 2.40. The molecule has 1 aliphatic carbocycles. The number of rotatable bonds is 3. The molecule has 4 nitrogen and oxygen atoms in total. The standard InChI is InChI=1S/C13H21NO3S/c1-2-9-8-14(6-7-18-9)12(15)10-4-3-5-11(10)13(16)17/h9-11H,2-8H2,1H3,(H,16,17). The Morgan fingerprint density at radius 1 is 1.33 bits per heavy atom. The van der Waals surface area contributed by atoms with Crippen molar-refractivity contribution in [1.29, 1.82) is 0 Å². The molecule has 0 aromatic rings. The summed E-state index contributed by atoms with van der Waals surface area (Å²) in [6, 6.07) is 0. The average molecular weight is 271 g/mol. The molecule has 1 amide bonds. The fourth-order valence-corrected chi connectivity index (χ4v) is 4.13. The Morgan fingerprint density at radius 3 is 2.72 bits per heavy atom. The van der Waals surface area contributed by atoms with Gasteiger partial charge in [-0.3, -0.25) is 9.59 Å². The fraction of sp³-hybridized carbons (Fsp3) is 0.846. The molecule has 0 aromatic carbocycles. The van der Waals surface area contributed by atoms with E-state index in [0.717, 1.165) is 38.1 Å². The number of hydrogen-bond donors (Lipinski definition) is 1. The molecule has 1 heterocycles. The first kappa shape index (κ1) is 13.7. The van der Waals surface area contributed by atoms with E-state index in [1.807, 2.05) is 16.7 Å². The third kappa shape index (κ3) is 2.82. The summed E-state index contributed by atoms with van der Waals surface area (Å²) in [5.74, 6) is -0.465. The molecule has 2 rings (SSSR count). The van der Waals surface area contributed by atoms with Crippen molar-refractivity contribution in [3.8, 4) is 0 Å². The summed E-state index contributed by atoms with van der Waals surface area (Å²) in [7, 11) is 0. The monoisotopic (exact) mass is 271 g/mol. The Balaban J connectivity index is 1.99. The summed E-state index contributed by atoms with van der Waals surface area (Å²) >= 11 is 1.92. The summed E-state index contributed by atoms with van der Waals surface area (Å²) < 4.78 is 0. The first-order valence-electron chi connectivity index (χ1n) is 6.76. The van der Waals surface area contributed by atoms with Gasteiger partial charge in [0.2, 0.25) is 5.91 Å². The van der Waals surface area contributed by atoms with Gasteiger partial charge in [-0.15, -0.1) is 0 Å². The van der Waals surface area contributed by atoms with Gasteiger partial charge in [-0.1, -0.05) is 13.3 Å². The van der Waals surface area contributed by atoms with E-state index in [1.165, 1.54) is 0 Å². The van der Waals surface area contributed by atoms with E-state index in [4.69, 9.17) is 5.11 Å².